The Bertz CT molecular complexity index is 1100. The Labute approximate surface area is 199 Å². The van der Waals surface area contributed by atoms with Gasteiger partial charge in [0, 0.05) is 25.1 Å². The number of carbonyl (C=O) groups excluding carboxylic acids is 2. The van der Waals surface area contributed by atoms with Gasteiger partial charge in [0.2, 0.25) is 16.9 Å². The van der Waals surface area contributed by atoms with Gasteiger partial charge in [-0.15, -0.1) is 10.2 Å². The number of carbonyl (C=O) groups is 2. The topological polar surface area (TPSA) is 75.2 Å². The third-order valence-electron chi connectivity index (χ3n) is 4.88. The van der Waals surface area contributed by atoms with Crippen LogP contribution in [0.4, 0.5) is 18.3 Å². The maximum atomic E-state index is 12.8. The molecule has 3 aromatic rings. The monoisotopic (exact) mass is 490 g/mol. The molecular weight excluding hydrogens is 465 g/mol. The van der Waals surface area contributed by atoms with Gasteiger partial charge in [0.1, 0.15) is 5.01 Å². The summed E-state index contributed by atoms with van der Waals surface area (Å²) >= 11 is 1.06. The van der Waals surface area contributed by atoms with Gasteiger partial charge in [0.25, 0.3) is 0 Å². The summed E-state index contributed by atoms with van der Waals surface area (Å²) in [6.45, 7) is 4.82. The van der Waals surface area contributed by atoms with E-state index >= 15 is 0 Å². The summed E-state index contributed by atoms with van der Waals surface area (Å²) in [7, 11) is 0. The van der Waals surface area contributed by atoms with Crippen LogP contribution < -0.4 is 5.32 Å². The van der Waals surface area contributed by atoms with Crippen molar-refractivity contribution < 1.29 is 22.8 Å². The summed E-state index contributed by atoms with van der Waals surface area (Å²) in [5, 5.41) is 11.1. The molecule has 1 N–H and O–H groups in total. The molecule has 3 rings (SSSR count). The average Bonchev–Trinajstić information content (AvgIpc) is 3.25. The third kappa shape index (κ3) is 7.38. The van der Waals surface area contributed by atoms with E-state index in [1.54, 1.807) is 4.90 Å². The zero-order chi connectivity index (χ0) is 24.7. The van der Waals surface area contributed by atoms with Crippen molar-refractivity contribution in [2.75, 3.05) is 18.4 Å². The van der Waals surface area contributed by atoms with E-state index in [9.17, 15) is 22.8 Å². The molecule has 0 aliphatic rings. The molecule has 0 atom stereocenters. The summed E-state index contributed by atoms with van der Waals surface area (Å²) < 4.78 is 38.2. The van der Waals surface area contributed by atoms with Crippen molar-refractivity contribution in [3.63, 3.8) is 0 Å². The lowest BCUT2D eigenvalue weighted by atomic mass is 10.1. The molecule has 180 valence electrons. The second-order valence-electron chi connectivity index (χ2n) is 8.18. The number of nitrogens with zero attached hydrogens (tertiary/aromatic N) is 3. The number of benzene rings is 2. The number of rotatable bonds is 9. The number of hydrogen-bond acceptors (Lipinski definition) is 5. The predicted octanol–water partition coefficient (Wildman–Crippen LogP) is 5.28. The molecule has 2 amide bonds. The Kier molecular flexibility index (Phi) is 8.38. The molecule has 0 bridgehead atoms. The highest BCUT2D eigenvalue weighted by Crippen LogP contribution is 2.32. The molecule has 0 saturated heterocycles. The van der Waals surface area contributed by atoms with Gasteiger partial charge in [0.15, 0.2) is 0 Å². The third-order valence-corrected chi connectivity index (χ3v) is 5.76. The van der Waals surface area contributed by atoms with Crippen LogP contribution in [0.5, 0.6) is 0 Å². The number of nitrogens with one attached hydrogen (secondary N) is 1. The van der Waals surface area contributed by atoms with Crippen LogP contribution in [0, 0.1) is 5.92 Å². The molecule has 1 heterocycles. The summed E-state index contributed by atoms with van der Waals surface area (Å²) in [5.41, 5.74) is 0.637. The van der Waals surface area contributed by atoms with Gasteiger partial charge in [-0.25, -0.2) is 0 Å². The van der Waals surface area contributed by atoms with Crippen molar-refractivity contribution in [1.29, 1.82) is 0 Å². The number of alkyl halides is 3. The van der Waals surface area contributed by atoms with E-state index in [0.29, 0.717) is 17.1 Å². The van der Waals surface area contributed by atoms with Gasteiger partial charge in [-0.3, -0.25) is 9.59 Å². The van der Waals surface area contributed by atoms with Crippen LogP contribution in [0.3, 0.4) is 0 Å². The van der Waals surface area contributed by atoms with Gasteiger partial charge in [-0.05, 0) is 23.6 Å². The maximum absolute atomic E-state index is 12.8. The minimum absolute atomic E-state index is 0.0480. The van der Waals surface area contributed by atoms with Crippen LogP contribution >= 0.6 is 11.3 Å². The van der Waals surface area contributed by atoms with Crippen LogP contribution in [-0.4, -0.2) is 40.0 Å². The number of amides is 2. The van der Waals surface area contributed by atoms with E-state index in [0.717, 1.165) is 29.0 Å². The molecule has 0 spiro atoms. The first-order chi connectivity index (χ1) is 16.1. The van der Waals surface area contributed by atoms with Gasteiger partial charge in [-0.1, -0.05) is 67.6 Å². The molecule has 0 saturated carbocycles. The fraction of sp³-hybridized carbons (Fsp3) is 0.333. The maximum Gasteiger partial charge on any atom is 0.416 e. The molecule has 0 unspecified atom stereocenters. The number of halogens is 3. The number of hydrogen-bond donors (Lipinski definition) is 1. The summed E-state index contributed by atoms with van der Waals surface area (Å²) in [6.07, 6.45) is -4.06. The molecular formula is C24H25F3N4O2S. The molecule has 34 heavy (non-hydrogen) atoms. The molecule has 0 aliphatic carbocycles. The zero-order valence-corrected chi connectivity index (χ0v) is 19.6. The quantitative estimate of drug-likeness (QED) is 0.443. The molecule has 0 fully saturated rings. The summed E-state index contributed by atoms with van der Waals surface area (Å²) in [5.74, 6) is -0.123. The van der Waals surface area contributed by atoms with E-state index in [1.165, 1.54) is 12.1 Å². The second kappa shape index (κ2) is 11.2. The van der Waals surface area contributed by atoms with Crippen LogP contribution in [0.15, 0.2) is 54.6 Å². The average molecular weight is 491 g/mol. The molecule has 0 aliphatic heterocycles. The van der Waals surface area contributed by atoms with E-state index < -0.39 is 11.7 Å². The van der Waals surface area contributed by atoms with Crippen molar-refractivity contribution in [2.24, 2.45) is 5.92 Å². The predicted molar refractivity (Wildman–Crippen MR) is 125 cm³/mol. The highest BCUT2D eigenvalue weighted by atomic mass is 32.1. The standard InChI is InChI=1S/C24H25F3N4O2S/c1-16(2)15-31(21(33)14-17-6-4-3-5-7-17)13-12-20(32)28-23-30-29-22(34-23)18-8-10-19(11-9-18)24(25,26)27/h3-11,16H,12-15H2,1-2H3,(H,28,30,32). The smallest absolute Gasteiger partial charge is 0.342 e. The van der Waals surface area contributed by atoms with E-state index in [2.05, 4.69) is 15.5 Å². The lowest BCUT2D eigenvalue weighted by molar-refractivity contribution is -0.137. The van der Waals surface area contributed by atoms with Crippen LogP contribution in [0.1, 0.15) is 31.4 Å². The van der Waals surface area contributed by atoms with Crippen LogP contribution in [-0.2, 0) is 22.2 Å². The first-order valence-corrected chi connectivity index (χ1v) is 11.6. The Morgan fingerprint density at radius 2 is 1.71 bits per heavy atom. The minimum Gasteiger partial charge on any atom is -0.342 e. The van der Waals surface area contributed by atoms with E-state index in [-0.39, 0.29) is 42.3 Å². The van der Waals surface area contributed by atoms with Crippen molar-refractivity contribution in [3.8, 4) is 10.6 Å². The van der Waals surface area contributed by atoms with Crippen molar-refractivity contribution >= 4 is 28.3 Å². The lowest BCUT2D eigenvalue weighted by Crippen LogP contribution is -2.37. The summed E-state index contributed by atoms with van der Waals surface area (Å²) in [6, 6.07) is 14.0. The van der Waals surface area contributed by atoms with Crippen molar-refractivity contribution in [3.05, 3.63) is 65.7 Å². The van der Waals surface area contributed by atoms with E-state index in [4.69, 9.17) is 0 Å². The SMILES string of the molecule is CC(C)CN(CCC(=O)Nc1nnc(-c2ccc(C(F)(F)F)cc2)s1)C(=O)Cc1ccccc1. The Hall–Kier alpha value is -3.27. The number of anilines is 1. The zero-order valence-electron chi connectivity index (χ0n) is 18.8. The van der Waals surface area contributed by atoms with Gasteiger partial charge in [0.05, 0.1) is 12.0 Å². The van der Waals surface area contributed by atoms with E-state index in [1.807, 2.05) is 44.2 Å². The highest BCUT2D eigenvalue weighted by Gasteiger charge is 2.30. The molecule has 2 aromatic carbocycles. The largest absolute Gasteiger partial charge is 0.416 e. The normalized spacial score (nSPS) is 11.5. The van der Waals surface area contributed by atoms with Crippen LogP contribution in [0.25, 0.3) is 10.6 Å². The first-order valence-electron chi connectivity index (χ1n) is 10.7. The van der Waals surface area contributed by atoms with Gasteiger partial charge in [-0.2, -0.15) is 13.2 Å². The highest BCUT2D eigenvalue weighted by molar-refractivity contribution is 7.18. The minimum atomic E-state index is -4.41. The Morgan fingerprint density at radius 1 is 1.03 bits per heavy atom. The fourth-order valence-electron chi connectivity index (χ4n) is 3.25. The Morgan fingerprint density at radius 3 is 2.32 bits per heavy atom. The first kappa shape index (κ1) is 25.4. The van der Waals surface area contributed by atoms with Crippen molar-refractivity contribution in [2.45, 2.75) is 32.9 Å². The lowest BCUT2D eigenvalue weighted by Gasteiger charge is -2.24. The van der Waals surface area contributed by atoms with Gasteiger partial charge < -0.3 is 10.2 Å². The van der Waals surface area contributed by atoms with Gasteiger partial charge >= 0.3 is 6.18 Å². The fourth-order valence-corrected chi connectivity index (χ4v) is 4.02. The molecule has 10 heteroatoms. The van der Waals surface area contributed by atoms with Crippen LogP contribution in [0.2, 0.25) is 0 Å². The molecule has 1 aromatic heterocycles. The summed E-state index contributed by atoms with van der Waals surface area (Å²) in [4.78, 5) is 26.9. The number of aromatic nitrogens is 2. The van der Waals surface area contributed by atoms with Crippen molar-refractivity contribution in [1.82, 2.24) is 15.1 Å². The molecule has 6 nitrogen and oxygen atoms in total. The molecule has 0 radical (unpaired) electrons. The second-order valence-corrected chi connectivity index (χ2v) is 9.16. The Balaban J connectivity index is 1.56.